The Bertz CT molecular complexity index is 513. The molecular formula is C21H36N2O6. The molecule has 0 aromatic carbocycles. The highest BCUT2D eigenvalue weighted by Gasteiger charge is 2.14. The Kier molecular flexibility index (Phi) is 11.9. The van der Waals surface area contributed by atoms with Crippen molar-refractivity contribution in [3.05, 3.63) is 11.6 Å². The molecule has 0 radical (unpaired) electrons. The average Bonchev–Trinajstić information content (AvgIpc) is 2.73. The minimum absolute atomic E-state index is 0.261. The predicted molar refractivity (Wildman–Crippen MR) is 109 cm³/mol. The summed E-state index contributed by atoms with van der Waals surface area (Å²) in [5, 5.41) is 9.04. The fourth-order valence-electron chi connectivity index (χ4n) is 3.55. The number of carbonyl (C=O) groups excluding carboxylic acids is 1. The molecule has 0 saturated carbocycles. The molecule has 0 aromatic heterocycles. The second-order valence-electron chi connectivity index (χ2n) is 7.57. The molecule has 8 heteroatoms. The molecule has 0 atom stereocenters. The number of ether oxygens (including phenoxy) is 3. The number of hydrogen-bond acceptors (Lipinski definition) is 7. The lowest BCUT2D eigenvalue weighted by atomic mass is 10.1. The number of carbonyl (C=O) groups is 2. The van der Waals surface area contributed by atoms with E-state index in [1.165, 1.54) is 0 Å². The van der Waals surface area contributed by atoms with E-state index in [1.807, 2.05) is 0 Å². The summed E-state index contributed by atoms with van der Waals surface area (Å²) in [4.78, 5) is 28.0. The van der Waals surface area contributed by atoms with Crippen LogP contribution < -0.4 is 0 Å². The largest absolute Gasteiger partial charge is 0.478 e. The summed E-state index contributed by atoms with van der Waals surface area (Å²) in [7, 11) is 0. The quantitative estimate of drug-likeness (QED) is 0.277. The summed E-state index contributed by atoms with van der Waals surface area (Å²) >= 11 is 0. The minimum Gasteiger partial charge on any atom is -0.478 e. The SMILES string of the molecule is O=C(O)/C=C(\CCCCCN1CCOCC1)C(=O)OCCCCN1CCOCC1. The summed E-state index contributed by atoms with van der Waals surface area (Å²) in [5.41, 5.74) is 0.261. The zero-order valence-electron chi connectivity index (χ0n) is 17.5. The van der Waals surface area contributed by atoms with Gasteiger partial charge in [0.1, 0.15) is 0 Å². The van der Waals surface area contributed by atoms with E-state index in [9.17, 15) is 9.59 Å². The number of nitrogens with zero attached hydrogens (tertiary/aromatic N) is 2. The fraction of sp³-hybridized carbons (Fsp3) is 0.810. The van der Waals surface area contributed by atoms with Crippen LogP contribution in [0.3, 0.4) is 0 Å². The van der Waals surface area contributed by atoms with Crippen LogP contribution in [0, 0.1) is 0 Å². The third-order valence-electron chi connectivity index (χ3n) is 5.29. The van der Waals surface area contributed by atoms with Crippen LogP contribution in [0.15, 0.2) is 11.6 Å². The molecule has 0 aliphatic carbocycles. The Morgan fingerprint density at radius 2 is 1.38 bits per heavy atom. The molecule has 2 fully saturated rings. The van der Waals surface area contributed by atoms with Gasteiger partial charge < -0.3 is 19.3 Å². The van der Waals surface area contributed by atoms with Crippen LogP contribution >= 0.6 is 0 Å². The number of morpholine rings is 2. The lowest BCUT2D eigenvalue weighted by molar-refractivity contribution is -0.140. The van der Waals surface area contributed by atoms with Crippen molar-refractivity contribution in [1.82, 2.24) is 9.80 Å². The minimum atomic E-state index is -1.10. The van der Waals surface area contributed by atoms with E-state index in [0.29, 0.717) is 13.0 Å². The van der Waals surface area contributed by atoms with Gasteiger partial charge in [-0.2, -0.15) is 0 Å². The molecule has 166 valence electrons. The molecule has 0 bridgehead atoms. The second kappa shape index (κ2) is 14.5. The van der Waals surface area contributed by atoms with Gasteiger partial charge in [-0.1, -0.05) is 6.42 Å². The summed E-state index contributed by atoms with van der Waals surface area (Å²) in [6.45, 7) is 9.34. The number of carboxylic acids is 1. The topological polar surface area (TPSA) is 88.5 Å². The molecular weight excluding hydrogens is 376 g/mol. The van der Waals surface area contributed by atoms with Gasteiger partial charge in [-0.15, -0.1) is 0 Å². The Balaban J connectivity index is 1.57. The number of carboxylic acid groups (broad SMARTS) is 1. The Morgan fingerprint density at radius 1 is 0.828 bits per heavy atom. The fourth-order valence-corrected chi connectivity index (χ4v) is 3.55. The van der Waals surface area contributed by atoms with Crippen molar-refractivity contribution >= 4 is 11.9 Å². The van der Waals surface area contributed by atoms with Gasteiger partial charge in [0.15, 0.2) is 0 Å². The molecule has 0 spiro atoms. The van der Waals surface area contributed by atoms with E-state index < -0.39 is 11.9 Å². The first kappa shape index (κ1) is 23.8. The number of aliphatic carboxylic acids is 1. The van der Waals surface area contributed by atoms with E-state index in [2.05, 4.69) is 9.80 Å². The van der Waals surface area contributed by atoms with Crippen molar-refractivity contribution in [2.45, 2.75) is 38.5 Å². The average molecular weight is 413 g/mol. The molecule has 2 rings (SSSR count). The molecule has 2 saturated heterocycles. The smallest absolute Gasteiger partial charge is 0.334 e. The molecule has 0 amide bonds. The summed E-state index contributed by atoms with van der Waals surface area (Å²) in [6, 6.07) is 0. The van der Waals surface area contributed by atoms with Gasteiger partial charge in [0.05, 0.1) is 33.0 Å². The Morgan fingerprint density at radius 3 is 1.93 bits per heavy atom. The van der Waals surface area contributed by atoms with E-state index in [4.69, 9.17) is 19.3 Å². The van der Waals surface area contributed by atoms with Crippen molar-refractivity contribution in [1.29, 1.82) is 0 Å². The first-order valence-electron chi connectivity index (χ1n) is 10.9. The van der Waals surface area contributed by atoms with Gasteiger partial charge in [-0.05, 0) is 45.2 Å². The van der Waals surface area contributed by atoms with Gasteiger partial charge in [0, 0.05) is 37.8 Å². The van der Waals surface area contributed by atoms with Crippen LogP contribution in [0.1, 0.15) is 38.5 Å². The lowest BCUT2D eigenvalue weighted by Crippen LogP contribution is -2.36. The number of hydrogen-bond donors (Lipinski definition) is 1. The molecule has 2 aliphatic rings. The Hall–Kier alpha value is -1.48. The van der Waals surface area contributed by atoms with Gasteiger partial charge in [-0.25, -0.2) is 9.59 Å². The van der Waals surface area contributed by atoms with Gasteiger partial charge in [-0.3, -0.25) is 9.80 Å². The third-order valence-corrected chi connectivity index (χ3v) is 5.29. The highest BCUT2D eigenvalue weighted by Crippen LogP contribution is 2.13. The lowest BCUT2D eigenvalue weighted by Gasteiger charge is -2.26. The number of rotatable bonds is 13. The first-order chi connectivity index (χ1) is 14.1. The van der Waals surface area contributed by atoms with Crippen molar-refractivity contribution in [2.24, 2.45) is 0 Å². The maximum Gasteiger partial charge on any atom is 0.334 e. The highest BCUT2D eigenvalue weighted by atomic mass is 16.5. The van der Waals surface area contributed by atoms with Crippen LogP contribution in [0.2, 0.25) is 0 Å². The normalized spacial score (nSPS) is 19.2. The summed E-state index contributed by atoms with van der Waals surface area (Å²) in [5.74, 6) is -1.59. The van der Waals surface area contributed by atoms with Crippen LogP contribution in [-0.2, 0) is 23.8 Å². The zero-order chi connectivity index (χ0) is 20.7. The monoisotopic (exact) mass is 412 g/mol. The molecule has 29 heavy (non-hydrogen) atoms. The van der Waals surface area contributed by atoms with Crippen molar-refractivity contribution in [3.8, 4) is 0 Å². The van der Waals surface area contributed by atoms with E-state index in [0.717, 1.165) is 104 Å². The van der Waals surface area contributed by atoms with Gasteiger partial charge in [0.25, 0.3) is 0 Å². The van der Waals surface area contributed by atoms with Crippen molar-refractivity contribution in [2.75, 3.05) is 72.3 Å². The second-order valence-corrected chi connectivity index (χ2v) is 7.57. The maximum atomic E-state index is 12.3. The van der Waals surface area contributed by atoms with Crippen molar-refractivity contribution in [3.63, 3.8) is 0 Å². The number of esters is 1. The third kappa shape index (κ3) is 10.7. The molecule has 1 N–H and O–H groups in total. The van der Waals surface area contributed by atoms with Crippen LogP contribution in [0.4, 0.5) is 0 Å². The van der Waals surface area contributed by atoms with Gasteiger partial charge >= 0.3 is 11.9 Å². The van der Waals surface area contributed by atoms with E-state index in [-0.39, 0.29) is 5.57 Å². The standard InChI is InChI=1S/C21H36N2O6/c24-20(25)18-19(6-2-1-3-7-22-9-14-27-15-10-22)21(26)29-13-5-4-8-23-11-16-28-17-12-23/h18H,1-17H2,(H,24,25)/b19-18+. The molecule has 0 unspecified atom stereocenters. The van der Waals surface area contributed by atoms with Crippen LogP contribution in [0.25, 0.3) is 0 Å². The van der Waals surface area contributed by atoms with Crippen LogP contribution in [0.5, 0.6) is 0 Å². The molecule has 2 heterocycles. The summed E-state index contributed by atoms with van der Waals surface area (Å²) in [6.07, 6.45) is 5.96. The zero-order valence-corrected chi connectivity index (χ0v) is 17.5. The van der Waals surface area contributed by atoms with Gasteiger partial charge in [0.2, 0.25) is 0 Å². The summed E-state index contributed by atoms with van der Waals surface area (Å²) < 4.78 is 16.0. The molecule has 0 aromatic rings. The predicted octanol–water partition coefficient (Wildman–Crippen LogP) is 1.55. The molecule has 8 nitrogen and oxygen atoms in total. The molecule has 2 aliphatic heterocycles. The maximum absolute atomic E-state index is 12.3. The van der Waals surface area contributed by atoms with Crippen LogP contribution in [-0.4, -0.2) is 99.1 Å². The van der Waals surface area contributed by atoms with E-state index >= 15 is 0 Å². The van der Waals surface area contributed by atoms with E-state index in [1.54, 1.807) is 0 Å². The van der Waals surface area contributed by atoms with Crippen molar-refractivity contribution < 1.29 is 28.9 Å². The number of unbranched alkanes of at least 4 members (excludes halogenated alkanes) is 3. The first-order valence-corrected chi connectivity index (χ1v) is 10.9. The highest BCUT2D eigenvalue weighted by molar-refractivity contribution is 5.95. The Labute approximate surface area is 173 Å².